The van der Waals surface area contributed by atoms with Gasteiger partial charge in [0.25, 0.3) is 5.91 Å². The fourth-order valence-corrected chi connectivity index (χ4v) is 3.18. The molecule has 3 aromatic heterocycles. The first-order valence-corrected chi connectivity index (χ1v) is 8.70. The van der Waals surface area contributed by atoms with E-state index < -0.39 is 0 Å². The van der Waals surface area contributed by atoms with Gasteiger partial charge in [-0.2, -0.15) is 0 Å². The van der Waals surface area contributed by atoms with Crippen LogP contribution in [0.1, 0.15) is 39.6 Å². The van der Waals surface area contributed by atoms with E-state index in [1.807, 2.05) is 18.2 Å². The first kappa shape index (κ1) is 16.5. The highest BCUT2D eigenvalue weighted by Gasteiger charge is 2.28. The van der Waals surface area contributed by atoms with Crippen molar-refractivity contribution in [2.24, 2.45) is 0 Å². The molecular weight excluding hydrogens is 332 g/mol. The largest absolute Gasteiger partial charge is 0.467 e. The monoisotopic (exact) mass is 352 g/mol. The molecule has 0 saturated heterocycles. The Morgan fingerprint density at radius 2 is 2.12 bits per heavy atom. The number of rotatable bonds is 6. The molecule has 4 rings (SSSR count). The van der Waals surface area contributed by atoms with Crippen molar-refractivity contribution >= 4 is 5.91 Å². The summed E-state index contributed by atoms with van der Waals surface area (Å²) in [4.78, 5) is 16.5. The van der Waals surface area contributed by atoms with Crippen LogP contribution in [0.3, 0.4) is 0 Å². The van der Waals surface area contributed by atoms with E-state index in [1.54, 1.807) is 24.7 Å². The van der Waals surface area contributed by atoms with E-state index in [-0.39, 0.29) is 11.9 Å². The van der Waals surface area contributed by atoms with Crippen molar-refractivity contribution in [3.63, 3.8) is 0 Å². The van der Waals surface area contributed by atoms with E-state index in [9.17, 15) is 4.79 Å². The molecule has 1 amide bonds. The Kier molecular flexibility index (Phi) is 4.79. The third-order valence-corrected chi connectivity index (χ3v) is 4.60. The first-order valence-electron chi connectivity index (χ1n) is 8.70. The smallest absolute Gasteiger partial charge is 0.274 e. The quantitative estimate of drug-likeness (QED) is 0.707. The van der Waals surface area contributed by atoms with Gasteiger partial charge < -0.3 is 19.6 Å². The van der Waals surface area contributed by atoms with Gasteiger partial charge in [0.1, 0.15) is 11.5 Å². The topological polar surface area (TPSA) is 93.2 Å². The number of fused-ring (bicyclic) bond motifs is 1. The summed E-state index contributed by atoms with van der Waals surface area (Å²) in [5.74, 6) is 1.28. The molecule has 0 aromatic carbocycles. The number of aryl methyl sites for hydroxylation is 1. The van der Waals surface area contributed by atoms with Crippen LogP contribution in [-0.2, 0) is 25.9 Å². The van der Waals surface area contributed by atoms with Gasteiger partial charge in [-0.3, -0.25) is 9.78 Å². The molecule has 7 heteroatoms. The molecule has 0 spiro atoms. The SMILES string of the molecule is O=C(NCc1ccco1)c1noc2c1CC(NCc1ccncc1)CC2. The van der Waals surface area contributed by atoms with Gasteiger partial charge in [-0.1, -0.05) is 5.16 Å². The van der Waals surface area contributed by atoms with Gasteiger partial charge >= 0.3 is 0 Å². The molecule has 0 bridgehead atoms. The number of hydrogen-bond acceptors (Lipinski definition) is 6. The number of nitrogens with one attached hydrogen (secondary N) is 2. The molecule has 0 aliphatic heterocycles. The van der Waals surface area contributed by atoms with Gasteiger partial charge in [-0.25, -0.2) is 0 Å². The summed E-state index contributed by atoms with van der Waals surface area (Å²) in [7, 11) is 0. The van der Waals surface area contributed by atoms with Gasteiger partial charge in [-0.05, 0) is 42.7 Å². The number of pyridine rings is 1. The molecular formula is C19H20N4O3. The Hall–Kier alpha value is -2.93. The van der Waals surface area contributed by atoms with Crippen molar-refractivity contribution in [2.75, 3.05) is 0 Å². The van der Waals surface area contributed by atoms with Crippen molar-refractivity contribution in [2.45, 2.75) is 38.4 Å². The summed E-state index contributed by atoms with van der Waals surface area (Å²) in [6.07, 6.45) is 7.63. The fourth-order valence-electron chi connectivity index (χ4n) is 3.18. The van der Waals surface area contributed by atoms with Crippen molar-refractivity contribution in [3.05, 3.63) is 71.3 Å². The lowest BCUT2D eigenvalue weighted by Gasteiger charge is -2.22. The Balaban J connectivity index is 1.38. The van der Waals surface area contributed by atoms with Crippen LogP contribution in [0.5, 0.6) is 0 Å². The molecule has 26 heavy (non-hydrogen) atoms. The maximum Gasteiger partial charge on any atom is 0.274 e. The van der Waals surface area contributed by atoms with Crippen LogP contribution < -0.4 is 10.6 Å². The molecule has 0 fully saturated rings. The zero-order valence-corrected chi connectivity index (χ0v) is 14.3. The summed E-state index contributed by atoms with van der Waals surface area (Å²) >= 11 is 0. The Bertz CT molecular complexity index is 858. The maximum atomic E-state index is 12.5. The average molecular weight is 352 g/mol. The second-order valence-corrected chi connectivity index (χ2v) is 6.37. The van der Waals surface area contributed by atoms with Gasteiger partial charge in [0.05, 0.1) is 12.8 Å². The minimum Gasteiger partial charge on any atom is -0.467 e. The second kappa shape index (κ2) is 7.53. The fraction of sp³-hybridized carbons (Fsp3) is 0.316. The van der Waals surface area contributed by atoms with E-state index in [1.165, 1.54) is 5.56 Å². The maximum absolute atomic E-state index is 12.5. The number of furan rings is 1. The van der Waals surface area contributed by atoms with Gasteiger partial charge in [-0.15, -0.1) is 0 Å². The van der Waals surface area contributed by atoms with E-state index in [4.69, 9.17) is 8.94 Å². The molecule has 1 aliphatic rings. The average Bonchev–Trinajstić information content (AvgIpc) is 3.34. The van der Waals surface area contributed by atoms with E-state index in [0.29, 0.717) is 18.0 Å². The van der Waals surface area contributed by atoms with Crippen LogP contribution in [0.4, 0.5) is 0 Å². The molecule has 2 N–H and O–H groups in total. The molecule has 3 aromatic rings. The predicted molar refractivity (Wildman–Crippen MR) is 93.3 cm³/mol. The molecule has 0 radical (unpaired) electrons. The molecule has 1 unspecified atom stereocenters. The third kappa shape index (κ3) is 3.67. The van der Waals surface area contributed by atoms with Crippen LogP contribution in [0.2, 0.25) is 0 Å². The lowest BCUT2D eigenvalue weighted by atomic mass is 9.91. The summed E-state index contributed by atoms with van der Waals surface area (Å²) in [5, 5.41) is 10.4. The van der Waals surface area contributed by atoms with Crippen molar-refractivity contribution in [1.82, 2.24) is 20.8 Å². The molecule has 1 atom stereocenters. The Morgan fingerprint density at radius 3 is 2.92 bits per heavy atom. The first-order chi connectivity index (χ1) is 12.8. The summed E-state index contributed by atoms with van der Waals surface area (Å²) in [6, 6.07) is 7.88. The van der Waals surface area contributed by atoms with Crippen molar-refractivity contribution in [1.29, 1.82) is 0 Å². The third-order valence-electron chi connectivity index (χ3n) is 4.60. The van der Waals surface area contributed by atoms with Gasteiger partial charge in [0.2, 0.25) is 0 Å². The Labute approximate surface area is 150 Å². The zero-order valence-electron chi connectivity index (χ0n) is 14.3. The van der Waals surface area contributed by atoms with Crippen LogP contribution in [0.25, 0.3) is 0 Å². The van der Waals surface area contributed by atoms with Gasteiger partial charge in [0.15, 0.2) is 5.69 Å². The van der Waals surface area contributed by atoms with Gasteiger partial charge in [0, 0.05) is 37.0 Å². The highest BCUT2D eigenvalue weighted by atomic mass is 16.5. The van der Waals surface area contributed by atoms with Crippen LogP contribution in [0.15, 0.2) is 51.9 Å². The highest BCUT2D eigenvalue weighted by molar-refractivity contribution is 5.93. The number of carbonyl (C=O) groups excluding carboxylic acids is 1. The van der Waals surface area contributed by atoms with E-state index in [2.05, 4.69) is 20.8 Å². The lowest BCUT2D eigenvalue weighted by molar-refractivity contribution is 0.0938. The summed E-state index contributed by atoms with van der Waals surface area (Å²) < 4.78 is 10.6. The van der Waals surface area contributed by atoms with E-state index >= 15 is 0 Å². The number of nitrogens with zero attached hydrogens (tertiary/aromatic N) is 2. The lowest BCUT2D eigenvalue weighted by Crippen LogP contribution is -2.35. The normalized spacial score (nSPS) is 16.2. The minimum atomic E-state index is -0.235. The molecule has 0 saturated carbocycles. The summed E-state index contributed by atoms with van der Waals surface area (Å²) in [5.41, 5.74) is 2.47. The summed E-state index contributed by atoms with van der Waals surface area (Å²) in [6.45, 7) is 1.10. The molecule has 134 valence electrons. The van der Waals surface area contributed by atoms with Crippen molar-refractivity contribution < 1.29 is 13.7 Å². The van der Waals surface area contributed by atoms with E-state index in [0.717, 1.165) is 37.1 Å². The Morgan fingerprint density at radius 1 is 1.23 bits per heavy atom. The molecule has 1 aliphatic carbocycles. The number of aromatic nitrogens is 2. The number of carbonyl (C=O) groups is 1. The van der Waals surface area contributed by atoms with Crippen molar-refractivity contribution in [3.8, 4) is 0 Å². The second-order valence-electron chi connectivity index (χ2n) is 6.37. The molecule has 7 nitrogen and oxygen atoms in total. The van der Waals surface area contributed by atoms with Crippen LogP contribution in [0, 0.1) is 0 Å². The number of hydrogen-bond donors (Lipinski definition) is 2. The standard InChI is InChI=1S/C19H20N4O3/c24-19(22-12-15-2-1-9-25-15)18-16-10-14(3-4-17(16)26-23-18)21-11-13-5-7-20-8-6-13/h1-2,5-9,14,21H,3-4,10-12H2,(H,22,24). The molecule has 3 heterocycles. The highest BCUT2D eigenvalue weighted by Crippen LogP contribution is 2.25. The minimum absolute atomic E-state index is 0.235. The number of amides is 1. The predicted octanol–water partition coefficient (Wildman–Crippen LogP) is 2.24. The van der Waals surface area contributed by atoms with Crippen LogP contribution >= 0.6 is 0 Å². The zero-order chi connectivity index (χ0) is 17.8. The van der Waals surface area contributed by atoms with Crippen LogP contribution in [-0.4, -0.2) is 22.1 Å².